The van der Waals surface area contributed by atoms with Crippen molar-refractivity contribution in [2.75, 3.05) is 5.75 Å². The van der Waals surface area contributed by atoms with Crippen molar-refractivity contribution in [1.82, 2.24) is 0 Å². The summed E-state index contributed by atoms with van der Waals surface area (Å²) < 4.78 is 12.9. The number of carbonyl (C=O) groups is 1. The summed E-state index contributed by atoms with van der Waals surface area (Å²) in [5.74, 6) is 0.138. The maximum atomic E-state index is 12.9. The molecule has 56 valence electrons. The van der Waals surface area contributed by atoms with E-state index in [1.54, 1.807) is 12.1 Å². The normalized spacial score (nSPS) is 15.2. The summed E-state index contributed by atoms with van der Waals surface area (Å²) in [4.78, 5) is 11.5. The van der Waals surface area contributed by atoms with E-state index in [4.69, 9.17) is 0 Å². The number of Topliss-reactive ketones (excluding diaryl/α,β-unsaturated/α-hetero) is 1. The lowest BCUT2D eigenvalue weighted by atomic mass is 10.1. The highest BCUT2D eigenvalue weighted by atomic mass is 32.2. The molecule has 1 aliphatic heterocycles. The monoisotopic (exact) mass is 168 g/mol. The molecule has 0 unspecified atom stereocenters. The Morgan fingerprint density at radius 2 is 2.27 bits per heavy atom. The van der Waals surface area contributed by atoms with Crippen molar-refractivity contribution in [2.24, 2.45) is 0 Å². The fraction of sp³-hybridized carbons (Fsp3) is 0.125. The zero-order chi connectivity index (χ0) is 7.84. The molecule has 2 rings (SSSR count). The molecule has 0 aliphatic carbocycles. The van der Waals surface area contributed by atoms with E-state index >= 15 is 0 Å². The molecule has 0 spiro atoms. The van der Waals surface area contributed by atoms with Crippen molar-refractivity contribution in [3.8, 4) is 0 Å². The second kappa shape index (κ2) is 2.34. The molecule has 0 fully saturated rings. The summed E-state index contributed by atoms with van der Waals surface area (Å²) >= 11 is 1.28. The van der Waals surface area contributed by atoms with E-state index < -0.39 is 0 Å². The smallest absolute Gasteiger partial charge is 0.174 e. The highest BCUT2D eigenvalue weighted by molar-refractivity contribution is 8.00. The molecule has 0 aromatic heterocycles. The van der Waals surface area contributed by atoms with Crippen LogP contribution in [0.1, 0.15) is 10.4 Å². The Balaban J connectivity index is 2.66. The zero-order valence-corrected chi connectivity index (χ0v) is 6.45. The van der Waals surface area contributed by atoms with Crippen molar-refractivity contribution in [3.63, 3.8) is 0 Å². The molecule has 1 aliphatic rings. The summed E-state index contributed by atoms with van der Waals surface area (Å²) in [6, 6.07) is 4.61. The number of hydrogen-bond donors (Lipinski definition) is 0. The van der Waals surface area contributed by atoms with E-state index in [0.29, 0.717) is 16.2 Å². The molecule has 0 saturated carbocycles. The maximum Gasteiger partial charge on any atom is 0.174 e. The first-order chi connectivity index (χ1) is 5.29. The molecule has 0 N–H and O–H groups in total. The van der Waals surface area contributed by atoms with Gasteiger partial charge in [-0.3, -0.25) is 4.79 Å². The third-order valence-electron chi connectivity index (χ3n) is 1.61. The third kappa shape index (κ3) is 0.959. The Hall–Kier alpha value is -0.830. The number of carbonyl (C=O) groups excluding carboxylic acids is 1. The van der Waals surface area contributed by atoms with Crippen LogP contribution >= 0.6 is 11.8 Å². The Morgan fingerprint density at radius 3 is 3.00 bits per heavy atom. The predicted molar refractivity (Wildman–Crippen MR) is 41.5 cm³/mol. The Labute approximate surface area is 67.6 Å². The number of ketones is 1. The van der Waals surface area contributed by atoms with Crippen LogP contribution in [-0.4, -0.2) is 11.5 Å². The van der Waals surface area contributed by atoms with E-state index in [2.05, 4.69) is 0 Å². The van der Waals surface area contributed by atoms with E-state index in [0.717, 1.165) is 0 Å². The van der Waals surface area contributed by atoms with Crippen LogP contribution in [0.25, 0.3) is 0 Å². The summed E-state index contributed by atoms with van der Waals surface area (Å²) in [5, 5.41) is 0. The fourth-order valence-corrected chi connectivity index (χ4v) is 2.06. The maximum absolute atomic E-state index is 12.9. The van der Waals surface area contributed by atoms with Crippen LogP contribution in [0.15, 0.2) is 23.1 Å². The van der Waals surface area contributed by atoms with Gasteiger partial charge in [0.15, 0.2) is 5.78 Å². The highest BCUT2D eigenvalue weighted by Gasteiger charge is 2.22. The zero-order valence-electron chi connectivity index (χ0n) is 5.63. The first-order valence-corrected chi connectivity index (χ1v) is 4.22. The quantitative estimate of drug-likeness (QED) is 0.590. The minimum atomic E-state index is -0.279. The van der Waals surface area contributed by atoms with Crippen molar-refractivity contribution in [2.45, 2.75) is 4.90 Å². The molecule has 1 aromatic rings. The fourth-order valence-electron chi connectivity index (χ4n) is 1.09. The lowest BCUT2D eigenvalue weighted by molar-refractivity contribution is 0.102. The number of thioether (sulfide) groups is 1. The molecule has 3 heteroatoms. The molecular weight excluding hydrogens is 163 g/mol. The van der Waals surface area contributed by atoms with Gasteiger partial charge in [0.1, 0.15) is 5.82 Å². The molecule has 1 aromatic carbocycles. The number of rotatable bonds is 0. The van der Waals surface area contributed by atoms with Crippen LogP contribution in [-0.2, 0) is 0 Å². The van der Waals surface area contributed by atoms with Crippen LogP contribution in [0.2, 0.25) is 0 Å². The average Bonchev–Trinajstić information content (AvgIpc) is 2.35. The van der Waals surface area contributed by atoms with Crippen LogP contribution < -0.4 is 0 Å². The van der Waals surface area contributed by atoms with Crippen LogP contribution in [0.4, 0.5) is 4.39 Å². The van der Waals surface area contributed by atoms with Gasteiger partial charge in [-0.15, -0.1) is 11.8 Å². The largest absolute Gasteiger partial charge is 0.293 e. The number of benzene rings is 1. The van der Waals surface area contributed by atoms with E-state index in [-0.39, 0.29) is 11.6 Å². The summed E-state index contributed by atoms with van der Waals surface area (Å²) in [5.41, 5.74) is 0.537. The van der Waals surface area contributed by atoms with Crippen LogP contribution in [0, 0.1) is 5.82 Å². The van der Waals surface area contributed by atoms with Gasteiger partial charge < -0.3 is 0 Å². The molecule has 0 radical (unpaired) electrons. The molecule has 11 heavy (non-hydrogen) atoms. The third-order valence-corrected chi connectivity index (χ3v) is 2.73. The lowest BCUT2D eigenvalue weighted by Gasteiger charge is -1.95. The first kappa shape index (κ1) is 6.85. The molecule has 0 bridgehead atoms. The van der Waals surface area contributed by atoms with E-state index in [1.165, 1.54) is 17.8 Å². The molecule has 0 saturated heterocycles. The van der Waals surface area contributed by atoms with Gasteiger partial charge in [-0.25, -0.2) is 4.39 Å². The topological polar surface area (TPSA) is 17.1 Å². The van der Waals surface area contributed by atoms with Crippen molar-refractivity contribution in [3.05, 3.63) is 29.6 Å². The van der Waals surface area contributed by atoms with Gasteiger partial charge in [0.25, 0.3) is 0 Å². The van der Waals surface area contributed by atoms with Gasteiger partial charge in [0.05, 0.1) is 10.6 Å². The van der Waals surface area contributed by atoms with Gasteiger partial charge in [-0.1, -0.05) is 12.1 Å². The SMILES string of the molecule is O=C1CSc2c(F)cccc21. The average molecular weight is 168 g/mol. The molecular formula is C8H5FOS. The summed E-state index contributed by atoms with van der Waals surface area (Å²) in [6.07, 6.45) is 0. The summed E-state index contributed by atoms with van der Waals surface area (Å²) in [6.45, 7) is 0. The van der Waals surface area contributed by atoms with Crippen molar-refractivity contribution in [1.29, 1.82) is 0 Å². The number of hydrogen-bond acceptors (Lipinski definition) is 2. The molecule has 1 heterocycles. The second-order valence-corrected chi connectivity index (χ2v) is 3.31. The van der Waals surface area contributed by atoms with Gasteiger partial charge in [-0.05, 0) is 6.07 Å². The predicted octanol–water partition coefficient (Wildman–Crippen LogP) is 2.11. The van der Waals surface area contributed by atoms with Gasteiger partial charge in [-0.2, -0.15) is 0 Å². The van der Waals surface area contributed by atoms with Crippen molar-refractivity contribution >= 4 is 17.5 Å². The van der Waals surface area contributed by atoms with Crippen LogP contribution in [0.5, 0.6) is 0 Å². The minimum Gasteiger partial charge on any atom is -0.293 e. The number of fused-ring (bicyclic) bond motifs is 1. The Morgan fingerprint density at radius 1 is 1.45 bits per heavy atom. The van der Waals surface area contributed by atoms with Gasteiger partial charge in [0, 0.05) is 5.56 Å². The van der Waals surface area contributed by atoms with Gasteiger partial charge >= 0.3 is 0 Å². The van der Waals surface area contributed by atoms with Crippen molar-refractivity contribution < 1.29 is 9.18 Å². The lowest BCUT2D eigenvalue weighted by Crippen LogP contribution is -1.94. The molecule has 0 atom stereocenters. The Kier molecular flexibility index (Phi) is 1.46. The molecule has 1 nitrogen and oxygen atoms in total. The number of halogens is 1. The molecule has 0 amide bonds. The highest BCUT2D eigenvalue weighted by Crippen LogP contribution is 2.32. The van der Waals surface area contributed by atoms with E-state index in [9.17, 15) is 9.18 Å². The van der Waals surface area contributed by atoms with Crippen LogP contribution in [0.3, 0.4) is 0 Å². The first-order valence-electron chi connectivity index (χ1n) is 3.23. The second-order valence-electron chi connectivity index (χ2n) is 2.33. The Bertz CT molecular complexity index is 322. The van der Waals surface area contributed by atoms with Gasteiger partial charge in [0.2, 0.25) is 0 Å². The van der Waals surface area contributed by atoms with E-state index in [1.807, 2.05) is 0 Å². The standard InChI is InChI=1S/C8H5FOS/c9-6-3-1-2-5-7(10)4-11-8(5)6/h1-3H,4H2. The minimum absolute atomic E-state index is 0.0319. The summed E-state index contributed by atoms with van der Waals surface area (Å²) in [7, 11) is 0.